The summed E-state index contributed by atoms with van der Waals surface area (Å²) < 4.78 is 10.4. The molecule has 18 heavy (non-hydrogen) atoms. The minimum Gasteiger partial charge on any atom is -0.507 e. The quantitative estimate of drug-likeness (QED) is 0.859. The third-order valence-corrected chi connectivity index (χ3v) is 2.90. The first-order chi connectivity index (χ1) is 8.46. The SMILES string of the molecule is COc1cc(O)c(C2=NNC(C)(C)C2)c(OC)c1. The fraction of sp³-hybridized carbons (Fsp3) is 0.462. The van der Waals surface area contributed by atoms with Crippen LogP contribution in [0.1, 0.15) is 25.8 Å². The van der Waals surface area contributed by atoms with Crippen molar-refractivity contribution in [3.63, 3.8) is 0 Å². The first-order valence-corrected chi connectivity index (χ1v) is 5.76. The number of hydrogen-bond acceptors (Lipinski definition) is 5. The lowest BCUT2D eigenvalue weighted by Crippen LogP contribution is -2.30. The molecule has 2 N–H and O–H groups in total. The first-order valence-electron chi connectivity index (χ1n) is 5.76. The van der Waals surface area contributed by atoms with Crippen LogP contribution in [0.25, 0.3) is 0 Å². The molecule has 0 amide bonds. The second-order valence-corrected chi connectivity index (χ2v) is 4.95. The number of methoxy groups -OCH3 is 2. The molecule has 1 aromatic carbocycles. The molecule has 0 bridgehead atoms. The zero-order valence-electron chi connectivity index (χ0n) is 11.1. The Kier molecular flexibility index (Phi) is 3.07. The van der Waals surface area contributed by atoms with Crippen molar-refractivity contribution in [2.24, 2.45) is 5.10 Å². The third-order valence-electron chi connectivity index (χ3n) is 2.90. The second-order valence-electron chi connectivity index (χ2n) is 4.95. The number of benzene rings is 1. The average molecular weight is 250 g/mol. The van der Waals surface area contributed by atoms with E-state index in [4.69, 9.17) is 9.47 Å². The van der Waals surface area contributed by atoms with E-state index in [-0.39, 0.29) is 11.3 Å². The zero-order valence-corrected chi connectivity index (χ0v) is 11.1. The summed E-state index contributed by atoms with van der Waals surface area (Å²) in [5.74, 6) is 1.23. The summed E-state index contributed by atoms with van der Waals surface area (Å²) in [5.41, 5.74) is 4.35. The van der Waals surface area contributed by atoms with Crippen LogP contribution in [0, 0.1) is 0 Å². The molecule has 5 heteroatoms. The molecule has 2 rings (SSSR count). The zero-order chi connectivity index (χ0) is 13.3. The number of ether oxygens (including phenoxy) is 2. The Balaban J connectivity index is 2.45. The highest BCUT2D eigenvalue weighted by Gasteiger charge is 2.30. The fourth-order valence-corrected chi connectivity index (χ4v) is 2.01. The molecule has 0 saturated heterocycles. The lowest BCUT2D eigenvalue weighted by Gasteiger charge is -2.17. The van der Waals surface area contributed by atoms with Crippen LogP contribution < -0.4 is 14.9 Å². The number of hydrazone groups is 1. The minimum absolute atomic E-state index is 0.104. The summed E-state index contributed by atoms with van der Waals surface area (Å²) in [6.45, 7) is 4.10. The monoisotopic (exact) mass is 250 g/mol. The fourth-order valence-electron chi connectivity index (χ4n) is 2.01. The van der Waals surface area contributed by atoms with Gasteiger partial charge in [-0.1, -0.05) is 0 Å². The van der Waals surface area contributed by atoms with Crippen LogP contribution in [0.15, 0.2) is 17.2 Å². The van der Waals surface area contributed by atoms with Crippen molar-refractivity contribution in [3.05, 3.63) is 17.7 Å². The Morgan fingerprint density at radius 1 is 1.28 bits per heavy atom. The lowest BCUT2D eigenvalue weighted by atomic mass is 9.95. The molecular formula is C13H18N2O3. The molecule has 1 aliphatic rings. The van der Waals surface area contributed by atoms with Crippen LogP contribution in [0.2, 0.25) is 0 Å². The van der Waals surface area contributed by atoms with E-state index in [1.165, 1.54) is 0 Å². The Labute approximate surface area is 106 Å². The largest absolute Gasteiger partial charge is 0.507 e. The van der Waals surface area contributed by atoms with E-state index in [0.717, 1.165) is 12.1 Å². The van der Waals surface area contributed by atoms with Gasteiger partial charge in [-0.3, -0.25) is 0 Å². The molecule has 0 unspecified atom stereocenters. The van der Waals surface area contributed by atoms with Crippen molar-refractivity contribution in [2.75, 3.05) is 14.2 Å². The molecule has 1 aromatic rings. The van der Waals surface area contributed by atoms with E-state index in [2.05, 4.69) is 24.4 Å². The highest BCUT2D eigenvalue weighted by Crippen LogP contribution is 2.36. The van der Waals surface area contributed by atoms with Crippen LogP contribution in [0.4, 0.5) is 0 Å². The van der Waals surface area contributed by atoms with Gasteiger partial charge in [0.2, 0.25) is 0 Å². The van der Waals surface area contributed by atoms with Gasteiger partial charge in [0.25, 0.3) is 0 Å². The lowest BCUT2D eigenvalue weighted by molar-refractivity contribution is 0.384. The van der Waals surface area contributed by atoms with Crippen molar-refractivity contribution < 1.29 is 14.6 Å². The number of nitrogens with one attached hydrogen (secondary N) is 1. The Hall–Kier alpha value is -1.91. The smallest absolute Gasteiger partial charge is 0.135 e. The van der Waals surface area contributed by atoms with Crippen molar-refractivity contribution in [2.45, 2.75) is 25.8 Å². The van der Waals surface area contributed by atoms with Gasteiger partial charge in [0, 0.05) is 18.6 Å². The van der Waals surface area contributed by atoms with E-state index in [1.54, 1.807) is 26.4 Å². The number of aromatic hydroxyl groups is 1. The van der Waals surface area contributed by atoms with Crippen LogP contribution in [0.5, 0.6) is 17.2 Å². The van der Waals surface area contributed by atoms with E-state index < -0.39 is 0 Å². The molecule has 0 saturated carbocycles. The van der Waals surface area contributed by atoms with E-state index in [0.29, 0.717) is 17.1 Å². The maximum Gasteiger partial charge on any atom is 0.135 e. The molecule has 1 aliphatic heterocycles. The topological polar surface area (TPSA) is 63.1 Å². The minimum atomic E-state index is -0.104. The van der Waals surface area contributed by atoms with Gasteiger partial charge in [0.1, 0.15) is 17.2 Å². The molecule has 0 radical (unpaired) electrons. The molecule has 0 atom stereocenters. The van der Waals surface area contributed by atoms with E-state index in [1.807, 2.05) is 0 Å². The maximum atomic E-state index is 10.1. The van der Waals surface area contributed by atoms with Crippen LogP contribution in [-0.2, 0) is 0 Å². The van der Waals surface area contributed by atoms with Gasteiger partial charge in [-0.2, -0.15) is 5.10 Å². The molecule has 98 valence electrons. The van der Waals surface area contributed by atoms with Gasteiger partial charge < -0.3 is 20.0 Å². The normalized spacial score (nSPS) is 17.0. The first kappa shape index (κ1) is 12.5. The summed E-state index contributed by atoms with van der Waals surface area (Å²) in [5, 5.41) is 14.4. The van der Waals surface area contributed by atoms with Crippen molar-refractivity contribution >= 4 is 5.71 Å². The molecular weight excluding hydrogens is 232 g/mol. The van der Waals surface area contributed by atoms with Gasteiger partial charge in [-0.25, -0.2) is 0 Å². The number of hydrogen-bond donors (Lipinski definition) is 2. The highest BCUT2D eigenvalue weighted by atomic mass is 16.5. The van der Waals surface area contributed by atoms with Gasteiger partial charge >= 0.3 is 0 Å². The number of phenolic OH excluding ortho intramolecular Hbond substituents is 1. The average Bonchev–Trinajstić information content (AvgIpc) is 2.68. The summed E-state index contributed by atoms with van der Waals surface area (Å²) in [6.07, 6.45) is 0.725. The molecule has 0 spiro atoms. The van der Waals surface area contributed by atoms with Gasteiger partial charge in [0.15, 0.2) is 0 Å². The summed E-state index contributed by atoms with van der Waals surface area (Å²) in [7, 11) is 3.11. The second kappa shape index (κ2) is 4.40. The van der Waals surface area contributed by atoms with E-state index >= 15 is 0 Å². The third kappa shape index (κ3) is 2.20. The summed E-state index contributed by atoms with van der Waals surface area (Å²) in [6, 6.07) is 3.30. The predicted molar refractivity (Wildman–Crippen MR) is 69.6 cm³/mol. The predicted octanol–water partition coefficient (Wildman–Crippen LogP) is 1.89. The van der Waals surface area contributed by atoms with Gasteiger partial charge in [0.05, 0.1) is 31.0 Å². The molecule has 0 aliphatic carbocycles. The summed E-state index contributed by atoms with van der Waals surface area (Å²) >= 11 is 0. The Bertz CT molecular complexity index is 495. The van der Waals surface area contributed by atoms with Crippen LogP contribution >= 0.6 is 0 Å². The van der Waals surface area contributed by atoms with Gasteiger partial charge in [-0.05, 0) is 13.8 Å². The standard InChI is InChI=1S/C13H18N2O3/c1-13(2)7-9(14-15-13)12-10(16)5-8(17-3)6-11(12)18-4/h5-6,15-16H,7H2,1-4H3. The van der Waals surface area contributed by atoms with Crippen molar-refractivity contribution in [1.82, 2.24) is 5.43 Å². The molecule has 0 aromatic heterocycles. The van der Waals surface area contributed by atoms with Gasteiger partial charge in [-0.15, -0.1) is 0 Å². The Morgan fingerprint density at radius 3 is 2.50 bits per heavy atom. The molecule has 1 heterocycles. The molecule has 5 nitrogen and oxygen atoms in total. The number of rotatable bonds is 3. The van der Waals surface area contributed by atoms with Crippen molar-refractivity contribution in [3.8, 4) is 17.2 Å². The van der Waals surface area contributed by atoms with E-state index in [9.17, 15) is 5.11 Å². The summed E-state index contributed by atoms with van der Waals surface area (Å²) in [4.78, 5) is 0. The van der Waals surface area contributed by atoms with Crippen LogP contribution in [-0.4, -0.2) is 30.6 Å². The Morgan fingerprint density at radius 2 is 2.00 bits per heavy atom. The number of nitrogens with zero attached hydrogens (tertiary/aromatic N) is 1. The number of phenols is 1. The van der Waals surface area contributed by atoms with Crippen LogP contribution in [0.3, 0.4) is 0 Å². The molecule has 0 fully saturated rings. The highest BCUT2D eigenvalue weighted by molar-refractivity contribution is 6.06. The van der Waals surface area contributed by atoms with Crippen molar-refractivity contribution in [1.29, 1.82) is 0 Å². The maximum absolute atomic E-state index is 10.1.